The minimum atomic E-state index is 1.27. The van der Waals surface area contributed by atoms with Gasteiger partial charge in [0.25, 0.3) is 0 Å². The highest BCUT2D eigenvalue weighted by Gasteiger charge is 2.07. The third kappa shape index (κ3) is 2.41. The lowest BCUT2D eigenvalue weighted by Gasteiger charge is -2.03. The molecule has 4 rings (SSSR count). The number of aryl methyl sites for hydroxylation is 1. The Morgan fingerprint density at radius 3 is 1.95 bits per heavy atom. The van der Waals surface area contributed by atoms with Crippen LogP contribution in [-0.4, -0.2) is 0 Å². The highest BCUT2D eigenvalue weighted by Crippen LogP contribution is 2.38. The lowest BCUT2D eigenvalue weighted by molar-refractivity contribution is 1.62. The van der Waals surface area contributed by atoms with Crippen LogP contribution in [0.25, 0.3) is 31.0 Å². The van der Waals surface area contributed by atoms with Crippen LogP contribution in [0.2, 0.25) is 0 Å². The predicted octanol–water partition coefficient (Wildman–Crippen LogP) is 6.61. The molecular weight excluding hydrogens is 292 g/mol. The molecule has 0 N–H and O–H groups in total. The summed E-state index contributed by atoms with van der Waals surface area (Å²) < 4.78 is 2.80. The molecule has 0 aliphatic heterocycles. The molecular formula is C19H14S2. The summed E-state index contributed by atoms with van der Waals surface area (Å²) in [5.41, 5.74) is 3.85. The van der Waals surface area contributed by atoms with Crippen molar-refractivity contribution in [2.75, 3.05) is 0 Å². The third-order valence-electron chi connectivity index (χ3n) is 3.61. The standard InChI is InChI=1S/C19H14S2/c1-13-11-18-19(20-13)12-17(21-18)16-9-7-15(8-10-16)14-5-3-2-4-6-14/h2-12H,1H3. The maximum atomic E-state index is 2.31. The second-order valence-electron chi connectivity index (χ2n) is 5.14. The van der Waals surface area contributed by atoms with Crippen molar-refractivity contribution in [1.82, 2.24) is 0 Å². The quantitative estimate of drug-likeness (QED) is 0.391. The largest absolute Gasteiger partial charge is 0.140 e. The van der Waals surface area contributed by atoms with Gasteiger partial charge in [-0.15, -0.1) is 22.7 Å². The molecule has 2 heteroatoms. The van der Waals surface area contributed by atoms with Gasteiger partial charge in [-0.1, -0.05) is 54.6 Å². The molecule has 0 bridgehead atoms. The minimum Gasteiger partial charge on any atom is -0.140 e. The van der Waals surface area contributed by atoms with Gasteiger partial charge >= 0.3 is 0 Å². The summed E-state index contributed by atoms with van der Waals surface area (Å²) in [6.07, 6.45) is 0. The first-order valence-corrected chi connectivity index (χ1v) is 8.59. The van der Waals surface area contributed by atoms with Gasteiger partial charge in [0.05, 0.1) is 0 Å². The summed E-state index contributed by atoms with van der Waals surface area (Å²) in [5, 5.41) is 0. The van der Waals surface area contributed by atoms with Gasteiger partial charge in [0.1, 0.15) is 0 Å². The Kier molecular flexibility index (Phi) is 3.13. The first-order valence-electron chi connectivity index (χ1n) is 6.95. The first kappa shape index (κ1) is 12.8. The Morgan fingerprint density at radius 1 is 0.619 bits per heavy atom. The molecule has 4 aromatic rings. The van der Waals surface area contributed by atoms with Crippen molar-refractivity contribution in [2.45, 2.75) is 6.92 Å². The molecule has 0 saturated carbocycles. The number of fused-ring (bicyclic) bond motifs is 1. The fourth-order valence-electron chi connectivity index (χ4n) is 2.56. The minimum absolute atomic E-state index is 1.27. The van der Waals surface area contributed by atoms with E-state index in [9.17, 15) is 0 Å². The van der Waals surface area contributed by atoms with Crippen molar-refractivity contribution in [3.63, 3.8) is 0 Å². The number of thiophene rings is 2. The van der Waals surface area contributed by atoms with Crippen LogP contribution in [-0.2, 0) is 0 Å². The van der Waals surface area contributed by atoms with Crippen LogP contribution in [0.5, 0.6) is 0 Å². The Balaban J connectivity index is 1.71. The van der Waals surface area contributed by atoms with E-state index in [1.165, 1.54) is 35.8 Å². The van der Waals surface area contributed by atoms with E-state index < -0.39 is 0 Å². The Morgan fingerprint density at radius 2 is 1.24 bits per heavy atom. The van der Waals surface area contributed by atoms with Gasteiger partial charge in [-0.05, 0) is 35.7 Å². The number of benzene rings is 2. The first-order chi connectivity index (χ1) is 10.3. The van der Waals surface area contributed by atoms with E-state index >= 15 is 0 Å². The summed E-state index contributed by atoms with van der Waals surface area (Å²) in [7, 11) is 0. The van der Waals surface area contributed by atoms with Crippen LogP contribution < -0.4 is 0 Å². The maximum Gasteiger partial charge on any atom is 0.0459 e. The van der Waals surface area contributed by atoms with Gasteiger partial charge in [0, 0.05) is 19.2 Å². The summed E-state index contributed by atoms with van der Waals surface area (Å²) in [6, 6.07) is 24.0. The predicted molar refractivity (Wildman–Crippen MR) is 95.3 cm³/mol. The van der Waals surface area contributed by atoms with Crippen molar-refractivity contribution >= 4 is 32.1 Å². The molecule has 0 unspecified atom stereocenters. The zero-order valence-corrected chi connectivity index (χ0v) is 13.3. The monoisotopic (exact) mass is 306 g/mol. The second kappa shape index (κ2) is 5.14. The van der Waals surface area contributed by atoms with Crippen molar-refractivity contribution in [3.05, 3.63) is 71.6 Å². The van der Waals surface area contributed by atoms with Gasteiger partial charge in [-0.25, -0.2) is 0 Å². The smallest absolute Gasteiger partial charge is 0.0459 e. The fraction of sp³-hybridized carbons (Fsp3) is 0.0526. The molecule has 2 heterocycles. The molecule has 0 amide bonds. The molecule has 102 valence electrons. The summed E-state index contributed by atoms with van der Waals surface area (Å²) in [5.74, 6) is 0. The van der Waals surface area contributed by atoms with Gasteiger partial charge in [-0.2, -0.15) is 0 Å². The maximum absolute atomic E-state index is 2.31. The molecule has 0 radical (unpaired) electrons. The van der Waals surface area contributed by atoms with Crippen LogP contribution >= 0.6 is 22.7 Å². The van der Waals surface area contributed by atoms with Crippen LogP contribution in [0.4, 0.5) is 0 Å². The molecule has 21 heavy (non-hydrogen) atoms. The van der Waals surface area contributed by atoms with E-state index in [0.717, 1.165) is 0 Å². The SMILES string of the molecule is Cc1cc2sc(-c3ccc(-c4ccccc4)cc3)cc2s1. The molecule has 0 nitrogen and oxygen atoms in total. The van der Waals surface area contributed by atoms with Crippen LogP contribution in [0.3, 0.4) is 0 Å². The van der Waals surface area contributed by atoms with E-state index in [4.69, 9.17) is 0 Å². The van der Waals surface area contributed by atoms with Gasteiger partial charge in [-0.3, -0.25) is 0 Å². The molecule has 0 atom stereocenters. The molecule has 0 saturated heterocycles. The van der Waals surface area contributed by atoms with Gasteiger partial charge < -0.3 is 0 Å². The summed E-state index contributed by atoms with van der Waals surface area (Å²) in [6.45, 7) is 2.17. The second-order valence-corrected chi connectivity index (χ2v) is 7.51. The number of hydrogen-bond acceptors (Lipinski definition) is 2. The Bertz CT molecular complexity index is 849. The van der Waals surface area contributed by atoms with Crippen LogP contribution in [0.1, 0.15) is 4.88 Å². The van der Waals surface area contributed by atoms with Gasteiger partial charge in [0.15, 0.2) is 0 Å². The lowest BCUT2D eigenvalue weighted by Crippen LogP contribution is -1.77. The average Bonchev–Trinajstić information content (AvgIpc) is 3.06. The topological polar surface area (TPSA) is 0 Å². The van der Waals surface area contributed by atoms with Crippen molar-refractivity contribution in [2.24, 2.45) is 0 Å². The number of hydrogen-bond donors (Lipinski definition) is 0. The highest BCUT2D eigenvalue weighted by molar-refractivity contribution is 7.29. The van der Waals surface area contributed by atoms with Gasteiger partial charge in [0.2, 0.25) is 0 Å². The van der Waals surface area contributed by atoms with Crippen LogP contribution in [0.15, 0.2) is 66.7 Å². The Hall–Kier alpha value is -1.90. The Labute approximate surface area is 132 Å². The van der Waals surface area contributed by atoms with Crippen LogP contribution in [0, 0.1) is 6.92 Å². The van der Waals surface area contributed by atoms with E-state index in [0.29, 0.717) is 0 Å². The lowest BCUT2D eigenvalue weighted by atomic mass is 10.0. The third-order valence-corrected chi connectivity index (χ3v) is 5.86. The van der Waals surface area contributed by atoms with E-state index in [2.05, 4.69) is 73.7 Å². The summed E-state index contributed by atoms with van der Waals surface area (Å²) >= 11 is 3.76. The average molecular weight is 306 g/mol. The van der Waals surface area contributed by atoms with E-state index in [1.54, 1.807) is 0 Å². The van der Waals surface area contributed by atoms with Crippen molar-refractivity contribution < 1.29 is 0 Å². The molecule has 0 aliphatic carbocycles. The zero-order valence-electron chi connectivity index (χ0n) is 11.7. The van der Waals surface area contributed by atoms with Crippen molar-refractivity contribution in [1.29, 1.82) is 0 Å². The molecule has 0 aliphatic rings. The molecule has 0 fully saturated rings. The highest BCUT2D eigenvalue weighted by atomic mass is 32.1. The van der Waals surface area contributed by atoms with E-state index in [-0.39, 0.29) is 0 Å². The molecule has 2 aromatic heterocycles. The number of rotatable bonds is 2. The summed E-state index contributed by atoms with van der Waals surface area (Å²) in [4.78, 5) is 2.75. The normalized spacial score (nSPS) is 11.1. The van der Waals surface area contributed by atoms with E-state index in [1.807, 2.05) is 22.7 Å². The molecule has 0 spiro atoms. The molecule has 2 aromatic carbocycles. The fourth-order valence-corrected chi connectivity index (χ4v) is 4.88. The van der Waals surface area contributed by atoms with Crippen molar-refractivity contribution in [3.8, 4) is 21.6 Å². The zero-order chi connectivity index (χ0) is 14.2.